The first-order valence-electron chi connectivity index (χ1n) is 11.8. The minimum Gasteiger partial charge on any atom is -0.501 e. The van der Waals surface area contributed by atoms with E-state index >= 15 is 0 Å². The van der Waals surface area contributed by atoms with E-state index in [1.165, 1.54) is 24.1 Å². The molecule has 196 valence electrons. The topological polar surface area (TPSA) is 161 Å². The molecule has 12 heteroatoms. The van der Waals surface area contributed by atoms with Crippen LogP contribution in [0.2, 0.25) is 0 Å². The number of methoxy groups -OCH3 is 1. The van der Waals surface area contributed by atoms with E-state index in [1.54, 1.807) is 25.4 Å². The first-order valence-corrected chi connectivity index (χ1v) is 11.8. The van der Waals surface area contributed by atoms with Crippen molar-refractivity contribution < 1.29 is 19.2 Å². The van der Waals surface area contributed by atoms with E-state index < -0.39 is 34.7 Å². The normalized spacial score (nSPS) is 12.6. The van der Waals surface area contributed by atoms with E-state index in [2.05, 4.69) is 26.6 Å². The van der Waals surface area contributed by atoms with Gasteiger partial charge in [-0.1, -0.05) is 30.3 Å². The first-order chi connectivity index (χ1) is 18.3. The monoisotopic (exact) mass is 517 g/mol. The molecule has 0 radical (unpaired) electrons. The zero-order valence-electron chi connectivity index (χ0n) is 21.4. The van der Waals surface area contributed by atoms with Crippen molar-refractivity contribution in [3.05, 3.63) is 87.2 Å². The van der Waals surface area contributed by atoms with Gasteiger partial charge in [0.2, 0.25) is 5.75 Å². The summed E-state index contributed by atoms with van der Waals surface area (Å²) in [5.74, 6) is -2.32. The van der Waals surface area contributed by atoms with E-state index in [0.29, 0.717) is 18.7 Å². The Morgan fingerprint density at radius 1 is 1.29 bits per heavy atom. The Kier molecular flexibility index (Phi) is 7.68. The zero-order valence-corrected chi connectivity index (χ0v) is 21.4. The smallest absolute Gasteiger partial charge is 0.296 e. The summed E-state index contributed by atoms with van der Waals surface area (Å²) in [6.45, 7) is 4.78. The second-order valence-electron chi connectivity index (χ2n) is 8.77. The van der Waals surface area contributed by atoms with Gasteiger partial charge < -0.3 is 19.7 Å². The molecule has 3 heterocycles. The van der Waals surface area contributed by atoms with Crippen LogP contribution in [0.3, 0.4) is 0 Å². The zero-order chi connectivity index (χ0) is 27.4. The first kappa shape index (κ1) is 26.3. The molecule has 12 nitrogen and oxygen atoms in total. The Hall–Kier alpha value is -4.76. The number of nitriles is 1. The number of rotatable bonds is 9. The molecule has 2 N–H and O–H groups in total. The molecule has 0 saturated heterocycles. The lowest BCUT2D eigenvalue weighted by molar-refractivity contribution is 0.101. The summed E-state index contributed by atoms with van der Waals surface area (Å²) in [5, 5.41) is 30.9. The maximum Gasteiger partial charge on any atom is 0.296 e. The number of anilines is 1. The third-order valence-corrected chi connectivity index (χ3v) is 6.51. The number of nitrogens with one attached hydrogen (secondary N) is 1. The molecular formula is C26H27N7O5. The number of hydrogen-bond acceptors (Lipinski definition) is 9. The van der Waals surface area contributed by atoms with Crippen LogP contribution in [0.5, 0.6) is 5.75 Å². The number of nitrogens with zero attached hydrogens (tertiary/aromatic N) is 6. The van der Waals surface area contributed by atoms with Crippen molar-refractivity contribution in [2.45, 2.75) is 32.2 Å². The molecule has 0 saturated carbocycles. The maximum absolute atomic E-state index is 13.0. The molecule has 4 aromatic rings. The van der Waals surface area contributed by atoms with Crippen LogP contribution in [-0.4, -0.2) is 49.2 Å². The number of carbonyl (C=O) groups excluding carboxylic acids is 1. The van der Waals surface area contributed by atoms with Crippen LogP contribution < -0.4 is 10.9 Å². The fourth-order valence-corrected chi connectivity index (χ4v) is 4.52. The lowest BCUT2D eigenvalue weighted by Gasteiger charge is -2.27. The molecule has 0 aliphatic heterocycles. The van der Waals surface area contributed by atoms with Crippen molar-refractivity contribution in [2.75, 3.05) is 19.0 Å². The SMILES string of the molecule is COCCn1ncc([C@H](c2ccccc2C#N)[C@@H](C)c2nc(C(=O)Nc3cnoc3)c(O)c(=O)n2C)c1C. The highest BCUT2D eigenvalue weighted by Crippen LogP contribution is 2.40. The fourth-order valence-electron chi connectivity index (χ4n) is 4.52. The lowest BCUT2D eigenvalue weighted by Crippen LogP contribution is -2.29. The van der Waals surface area contributed by atoms with Crippen LogP contribution in [0, 0.1) is 18.3 Å². The molecule has 0 aliphatic carbocycles. The standard InChI is InChI=1S/C26H27N7O5/c1-15(24-31-22(23(34)26(36)32(24)3)25(35)30-18-12-29-38-14-18)21(19-8-6-5-7-17(19)11-27)20-13-28-33(16(20)2)9-10-37-4/h5-8,12-15,21,34H,9-10H2,1-4H3,(H,30,35)/t15-,21+/m1/s1. The molecule has 0 bridgehead atoms. The van der Waals surface area contributed by atoms with Crippen molar-refractivity contribution >= 4 is 11.6 Å². The highest BCUT2D eigenvalue weighted by Gasteiger charge is 2.32. The molecule has 0 unspecified atom stereocenters. The highest BCUT2D eigenvalue weighted by molar-refractivity contribution is 6.04. The number of aromatic nitrogens is 5. The number of benzene rings is 1. The molecule has 38 heavy (non-hydrogen) atoms. The van der Waals surface area contributed by atoms with Gasteiger partial charge in [-0.2, -0.15) is 10.4 Å². The van der Waals surface area contributed by atoms with Gasteiger partial charge in [0.1, 0.15) is 17.8 Å². The second kappa shape index (κ2) is 11.1. The van der Waals surface area contributed by atoms with Crippen molar-refractivity contribution in [1.82, 2.24) is 24.5 Å². The number of amides is 1. The molecule has 4 rings (SSSR count). The number of aromatic hydroxyl groups is 1. The number of hydrogen-bond donors (Lipinski definition) is 2. The van der Waals surface area contributed by atoms with Crippen LogP contribution in [0.15, 0.2) is 52.2 Å². The molecule has 0 fully saturated rings. The van der Waals surface area contributed by atoms with Gasteiger partial charge >= 0.3 is 0 Å². The molecular weight excluding hydrogens is 490 g/mol. The van der Waals surface area contributed by atoms with E-state index in [-0.39, 0.29) is 11.5 Å². The van der Waals surface area contributed by atoms with Crippen LogP contribution in [0.4, 0.5) is 5.69 Å². The van der Waals surface area contributed by atoms with E-state index in [9.17, 15) is 20.0 Å². The van der Waals surface area contributed by atoms with E-state index in [1.807, 2.05) is 30.7 Å². The Morgan fingerprint density at radius 2 is 2.05 bits per heavy atom. The van der Waals surface area contributed by atoms with E-state index in [4.69, 9.17) is 9.26 Å². The molecule has 0 spiro atoms. The lowest BCUT2D eigenvalue weighted by atomic mass is 9.79. The molecule has 1 amide bonds. The predicted molar refractivity (Wildman–Crippen MR) is 136 cm³/mol. The molecule has 0 aliphatic rings. The Bertz CT molecular complexity index is 1550. The van der Waals surface area contributed by atoms with Gasteiger partial charge in [0.15, 0.2) is 5.69 Å². The molecule has 2 atom stereocenters. The number of ether oxygens (including phenoxy) is 1. The summed E-state index contributed by atoms with van der Waals surface area (Å²) in [6.07, 6.45) is 4.22. The second-order valence-corrected chi connectivity index (χ2v) is 8.77. The average Bonchev–Trinajstić information content (AvgIpc) is 3.56. The summed E-state index contributed by atoms with van der Waals surface area (Å²) in [5.41, 5.74) is 1.90. The van der Waals surface area contributed by atoms with Crippen LogP contribution in [-0.2, 0) is 18.3 Å². The van der Waals surface area contributed by atoms with E-state index in [0.717, 1.165) is 16.8 Å². The molecule has 1 aromatic carbocycles. The third-order valence-electron chi connectivity index (χ3n) is 6.51. The summed E-state index contributed by atoms with van der Waals surface area (Å²) >= 11 is 0. The minimum atomic E-state index is -0.797. The summed E-state index contributed by atoms with van der Waals surface area (Å²) in [4.78, 5) is 30.4. The van der Waals surface area contributed by atoms with Crippen molar-refractivity contribution in [1.29, 1.82) is 5.26 Å². The maximum atomic E-state index is 13.0. The summed E-state index contributed by atoms with van der Waals surface area (Å²) < 4.78 is 12.9. The Balaban J connectivity index is 1.86. The quantitative estimate of drug-likeness (QED) is 0.340. The van der Waals surface area contributed by atoms with Crippen LogP contribution in [0.25, 0.3) is 0 Å². The van der Waals surface area contributed by atoms with Gasteiger partial charge in [-0.05, 0) is 18.6 Å². The summed E-state index contributed by atoms with van der Waals surface area (Å²) in [7, 11) is 3.09. The van der Waals surface area contributed by atoms with Gasteiger partial charge in [-0.3, -0.25) is 18.8 Å². The number of carbonyl (C=O) groups is 1. The third kappa shape index (κ3) is 4.91. The average molecular weight is 518 g/mol. The molecule has 3 aromatic heterocycles. The largest absolute Gasteiger partial charge is 0.501 e. The highest BCUT2D eigenvalue weighted by atomic mass is 16.5. The fraction of sp³-hybridized carbons (Fsp3) is 0.308. The van der Waals surface area contributed by atoms with Crippen molar-refractivity contribution in [2.24, 2.45) is 7.05 Å². The Labute approximate surface area is 218 Å². The Morgan fingerprint density at radius 3 is 2.74 bits per heavy atom. The van der Waals surface area contributed by atoms with Gasteiger partial charge in [-0.15, -0.1) is 0 Å². The predicted octanol–water partition coefficient (Wildman–Crippen LogP) is 2.68. The van der Waals surface area contributed by atoms with Gasteiger partial charge in [0.05, 0.1) is 37.2 Å². The van der Waals surface area contributed by atoms with Gasteiger partial charge in [0.25, 0.3) is 11.5 Å². The van der Waals surface area contributed by atoms with Crippen molar-refractivity contribution in [3.63, 3.8) is 0 Å². The van der Waals surface area contributed by atoms with Gasteiger partial charge in [0, 0.05) is 37.3 Å². The van der Waals surface area contributed by atoms with Gasteiger partial charge in [-0.25, -0.2) is 4.98 Å². The summed E-state index contributed by atoms with van der Waals surface area (Å²) in [6, 6.07) is 9.43. The van der Waals surface area contributed by atoms with Crippen LogP contribution >= 0.6 is 0 Å². The van der Waals surface area contributed by atoms with Crippen LogP contribution in [0.1, 0.15) is 57.5 Å². The minimum absolute atomic E-state index is 0.241. The van der Waals surface area contributed by atoms with Crippen molar-refractivity contribution in [3.8, 4) is 11.8 Å².